The van der Waals surface area contributed by atoms with E-state index in [0.717, 1.165) is 19.4 Å². The number of benzene rings is 5. The second-order valence-corrected chi connectivity index (χ2v) is 8.92. The van der Waals surface area contributed by atoms with Crippen LogP contribution in [0.4, 0.5) is 5.69 Å². The number of nitrogens with one attached hydrogen (secondary N) is 1. The quantitative estimate of drug-likeness (QED) is 0.237. The number of anilines is 1. The average molecular weight is 516 g/mol. The van der Waals surface area contributed by atoms with Gasteiger partial charge < -0.3 is 5.32 Å². The van der Waals surface area contributed by atoms with Crippen LogP contribution in [0.1, 0.15) is 49.9 Å². The van der Waals surface area contributed by atoms with E-state index in [0.29, 0.717) is 0 Å². The van der Waals surface area contributed by atoms with Crippen molar-refractivity contribution in [1.82, 2.24) is 0 Å². The lowest BCUT2D eigenvalue weighted by Crippen LogP contribution is -1.94. The van der Waals surface area contributed by atoms with Gasteiger partial charge in [-0.05, 0) is 66.6 Å². The summed E-state index contributed by atoms with van der Waals surface area (Å²) in [6.45, 7) is 11.4. The zero-order valence-corrected chi connectivity index (χ0v) is 24.4. The highest BCUT2D eigenvalue weighted by molar-refractivity contribution is 5.67. The molecule has 1 heteroatoms. The van der Waals surface area contributed by atoms with Crippen molar-refractivity contribution in [3.05, 3.63) is 162 Å². The van der Waals surface area contributed by atoms with Gasteiger partial charge in [-0.15, -0.1) is 0 Å². The van der Waals surface area contributed by atoms with Crippen LogP contribution in [0, 0.1) is 6.92 Å². The Morgan fingerprint density at radius 2 is 1.00 bits per heavy atom. The number of hydrogen-bond donors (Lipinski definition) is 1. The van der Waals surface area contributed by atoms with Crippen molar-refractivity contribution in [1.29, 1.82) is 0 Å². The molecule has 5 aromatic rings. The van der Waals surface area contributed by atoms with Gasteiger partial charge in [0.25, 0.3) is 0 Å². The first-order chi connectivity index (χ1) is 19.2. The molecule has 0 saturated heterocycles. The highest BCUT2D eigenvalue weighted by Crippen LogP contribution is 2.25. The zero-order chi connectivity index (χ0) is 28.1. The van der Waals surface area contributed by atoms with E-state index in [9.17, 15) is 0 Å². The second kappa shape index (κ2) is 19.0. The lowest BCUT2D eigenvalue weighted by Gasteiger charge is -2.09. The number of rotatable bonds is 6. The molecule has 0 saturated carbocycles. The molecule has 1 nitrogen and oxygen atoms in total. The van der Waals surface area contributed by atoms with Gasteiger partial charge in [-0.25, -0.2) is 0 Å². The molecule has 1 N–H and O–H groups in total. The van der Waals surface area contributed by atoms with E-state index in [1.807, 2.05) is 50.2 Å². The molecule has 0 heterocycles. The van der Waals surface area contributed by atoms with Gasteiger partial charge in [0, 0.05) is 12.2 Å². The Hall–Kier alpha value is -4.10. The topological polar surface area (TPSA) is 12.0 Å². The van der Waals surface area contributed by atoms with Crippen LogP contribution < -0.4 is 5.32 Å². The number of hydrogen-bond acceptors (Lipinski definition) is 1. The Morgan fingerprint density at radius 3 is 1.51 bits per heavy atom. The van der Waals surface area contributed by atoms with Crippen molar-refractivity contribution < 1.29 is 0 Å². The average Bonchev–Trinajstić information content (AvgIpc) is 3.01. The summed E-state index contributed by atoms with van der Waals surface area (Å²) in [6.07, 6.45) is 2.07. The molecule has 0 fully saturated rings. The predicted molar refractivity (Wildman–Crippen MR) is 174 cm³/mol. The summed E-state index contributed by atoms with van der Waals surface area (Å²) >= 11 is 0. The van der Waals surface area contributed by atoms with Crippen LogP contribution >= 0.6 is 0 Å². The standard InChI is InChI=1S/C21H20.C8H11N.C7H8.C2H6/c1-2-19-10-6-7-11-21(19)20-14-12-18(13-15-20)16-17-8-4-3-5-9-17;1-2-9-8-6-4-3-5-7-8;1-7-5-3-2-4-6-7;1-2/h3-15H,2,16H2,1H3;3-7,9H,2H2,1H3;2-6H,1H3;1-2H3. The maximum atomic E-state index is 3.21. The lowest BCUT2D eigenvalue weighted by atomic mass is 9.96. The Morgan fingerprint density at radius 1 is 0.513 bits per heavy atom. The van der Waals surface area contributed by atoms with Crippen LogP contribution in [0.2, 0.25) is 0 Å². The Balaban J connectivity index is 0.000000243. The van der Waals surface area contributed by atoms with E-state index in [4.69, 9.17) is 0 Å². The van der Waals surface area contributed by atoms with Crippen LogP contribution in [-0.4, -0.2) is 6.54 Å². The maximum absolute atomic E-state index is 3.21. The molecule has 0 aliphatic carbocycles. The van der Waals surface area contributed by atoms with Gasteiger partial charge in [-0.2, -0.15) is 0 Å². The molecular formula is C38H45N. The highest BCUT2D eigenvalue weighted by atomic mass is 14.8. The largest absolute Gasteiger partial charge is 0.385 e. The number of aryl methyl sites for hydroxylation is 2. The Labute approximate surface area is 237 Å². The van der Waals surface area contributed by atoms with Gasteiger partial charge in [0.1, 0.15) is 0 Å². The molecule has 0 aliphatic rings. The van der Waals surface area contributed by atoms with E-state index < -0.39 is 0 Å². The molecule has 0 radical (unpaired) electrons. The summed E-state index contributed by atoms with van der Waals surface area (Å²) in [5.41, 5.74) is 9.31. The molecule has 0 amide bonds. The molecule has 39 heavy (non-hydrogen) atoms. The third-order valence-corrected chi connectivity index (χ3v) is 6.01. The lowest BCUT2D eigenvalue weighted by molar-refractivity contribution is 1.14. The predicted octanol–water partition coefficient (Wildman–Crippen LogP) is 10.6. The van der Waals surface area contributed by atoms with Gasteiger partial charge in [0.15, 0.2) is 0 Å². The van der Waals surface area contributed by atoms with Gasteiger partial charge in [-0.1, -0.05) is 154 Å². The van der Waals surface area contributed by atoms with Gasteiger partial charge in [-0.3, -0.25) is 0 Å². The fourth-order valence-corrected chi connectivity index (χ4v) is 4.04. The summed E-state index contributed by atoms with van der Waals surface area (Å²) in [5.74, 6) is 0. The van der Waals surface area contributed by atoms with E-state index in [-0.39, 0.29) is 0 Å². The molecule has 0 aromatic heterocycles. The van der Waals surface area contributed by atoms with Crippen molar-refractivity contribution in [2.75, 3.05) is 11.9 Å². The van der Waals surface area contributed by atoms with Crippen molar-refractivity contribution in [3.8, 4) is 11.1 Å². The minimum Gasteiger partial charge on any atom is -0.385 e. The summed E-state index contributed by atoms with van der Waals surface area (Å²) in [6, 6.07) is 48.7. The monoisotopic (exact) mass is 515 g/mol. The second-order valence-electron chi connectivity index (χ2n) is 8.92. The fourth-order valence-electron chi connectivity index (χ4n) is 4.04. The molecule has 5 aromatic carbocycles. The van der Waals surface area contributed by atoms with Crippen LogP contribution in [-0.2, 0) is 12.8 Å². The molecular weight excluding hydrogens is 470 g/mol. The van der Waals surface area contributed by atoms with Gasteiger partial charge >= 0.3 is 0 Å². The number of para-hydroxylation sites is 1. The van der Waals surface area contributed by atoms with Gasteiger partial charge in [0.2, 0.25) is 0 Å². The maximum Gasteiger partial charge on any atom is 0.0340 e. The zero-order valence-electron chi connectivity index (χ0n) is 24.4. The molecule has 0 aliphatic heterocycles. The minimum absolute atomic E-state index is 0.990. The summed E-state index contributed by atoms with van der Waals surface area (Å²) < 4.78 is 0. The molecule has 202 valence electrons. The first kappa shape index (κ1) is 31.1. The Bertz CT molecular complexity index is 1260. The SMILES string of the molecule is CC.CCNc1ccccc1.CCc1ccccc1-c1ccc(Cc2ccccc2)cc1.Cc1ccccc1. The molecule has 5 rings (SSSR count). The van der Waals surface area contributed by atoms with E-state index in [2.05, 4.69) is 129 Å². The van der Waals surface area contributed by atoms with E-state index in [1.54, 1.807) is 0 Å². The van der Waals surface area contributed by atoms with Crippen molar-refractivity contribution in [3.63, 3.8) is 0 Å². The molecule has 0 unspecified atom stereocenters. The molecule has 0 bridgehead atoms. The van der Waals surface area contributed by atoms with Crippen LogP contribution in [0.3, 0.4) is 0 Å². The smallest absolute Gasteiger partial charge is 0.0340 e. The van der Waals surface area contributed by atoms with Crippen molar-refractivity contribution in [2.24, 2.45) is 0 Å². The minimum atomic E-state index is 0.990. The first-order valence-corrected chi connectivity index (χ1v) is 14.2. The van der Waals surface area contributed by atoms with Gasteiger partial charge in [0.05, 0.1) is 0 Å². The Kier molecular flexibility index (Phi) is 15.2. The van der Waals surface area contributed by atoms with Crippen molar-refractivity contribution >= 4 is 5.69 Å². The summed E-state index contributed by atoms with van der Waals surface area (Å²) in [4.78, 5) is 0. The normalized spacial score (nSPS) is 9.46. The third kappa shape index (κ3) is 11.9. The highest BCUT2D eigenvalue weighted by Gasteiger charge is 2.03. The van der Waals surface area contributed by atoms with E-state index >= 15 is 0 Å². The van der Waals surface area contributed by atoms with E-state index in [1.165, 1.54) is 39.1 Å². The fraction of sp³-hybridized carbons (Fsp3) is 0.211. The molecule has 0 spiro atoms. The van der Waals surface area contributed by atoms with Crippen LogP contribution in [0.15, 0.2) is 140 Å². The van der Waals surface area contributed by atoms with Crippen molar-refractivity contribution in [2.45, 2.75) is 47.5 Å². The summed E-state index contributed by atoms with van der Waals surface area (Å²) in [5, 5.41) is 3.21. The first-order valence-electron chi connectivity index (χ1n) is 14.2. The summed E-state index contributed by atoms with van der Waals surface area (Å²) in [7, 11) is 0. The third-order valence-electron chi connectivity index (χ3n) is 6.01. The van der Waals surface area contributed by atoms with Crippen LogP contribution in [0.5, 0.6) is 0 Å². The molecule has 0 atom stereocenters. The van der Waals surface area contributed by atoms with Crippen LogP contribution in [0.25, 0.3) is 11.1 Å².